The highest BCUT2D eigenvalue weighted by Crippen LogP contribution is 2.31. The number of methoxy groups -OCH3 is 2. The third kappa shape index (κ3) is 3.36. The summed E-state index contributed by atoms with van der Waals surface area (Å²) in [4.78, 5) is 26.2. The molecule has 6 heteroatoms. The van der Waals surface area contributed by atoms with Crippen LogP contribution < -0.4 is 9.47 Å². The molecule has 0 unspecified atom stereocenters. The van der Waals surface area contributed by atoms with Gasteiger partial charge in [0.25, 0.3) is 0 Å². The minimum absolute atomic E-state index is 0.218. The Morgan fingerprint density at radius 3 is 2.62 bits per heavy atom. The highest BCUT2D eigenvalue weighted by atomic mass is 16.5. The number of hydrogen-bond acceptors (Lipinski definition) is 6. The molecule has 1 heterocycles. The van der Waals surface area contributed by atoms with Crippen molar-refractivity contribution in [2.45, 2.75) is 0 Å². The molecule has 0 bridgehead atoms. The smallest absolute Gasteiger partial charge is 0.338 e. The summed E-state index contributed by atoms with van der Waals surface area (Å²) in [5, 5.41) is 0. The van der Waals surface area contributed by atoms with Crippen molar-refractivity contribution in [3.8, 4) is 17.4 Å². The van der Waals surface area contributed by atoms with Gasteiger partial charge in [0.1, 0.15) is 6.29 Å². The van der Waals surface area contributed by atoms with Crippen molar-refractivity contribution in [2.24, 2.45) is 0 Å². The first kappa shape index (κ1) is 14.5. The Hall–Kier alpha value is -2.89. The van der Waals surface area contributed by atoms with Crippen LogP contribution in [0.4, 0.5) is 0 Å². The number of carbonyl (C=O) groups is 2. The Labute approximate surface area is 121 Å². The van der Waals surface area contributed by atoms with Gasteiger partial charge in [0, 0.05) is 17.8 Å². The molecule has 0 spiro atoms. The quantitative estimate of drug-likeness (QED) is 0.621. The van der Waals surface area contributed by atoms with E-state index in [2.05, 4.69) is 9.72 Å². The molecule has 6 nitrogen and oxygen atoms in total. The van der Waals surface area contributed by atoms with Gasteiger partial charge in [0.2, 0.25) is 5.88 Å². The first-order chi connectivity index (χ1) is 10.2. The molecule has 2 aromatic rings. The van der Waals surface area contributed by atoms with E-state index in [4.69, 9.17) is 9.47 Å². The molecule has 21 heavy (non-hydrogen) atoms. The molecule has 0 saturated carbocycles. The molecule has 0 saturated heterocycles. The first-order valence-corrected chi connectivity index (χ1v) is 6.03. The second-order valence-electron chi connectivity index (χ2n) is 4.00. The van der Waals surface area contributed by atoms with Gasteiger partial charge in [-0.05, 0) is 24.3 Å². The average Bonchev–Trinajstić information content (AvgIpc) is 2.54. The van der Waals surface area contributed by atoms with Crippen molar-refractivity contribution >= 4 is 12.3 Å². The van der Waals surface area contributed by atoms with E-state index in [1.807, 2.05) is 0 Å². The third-order valence-electron chi connectivity index (χ3n) is 2.69. The van der Waals surface area contributed by atoms with Gasteiger partial charge in [-0.1, -0.05) is 0 Å². The van der Waals surface area contributed by atoms with Crippen LogP contribution in [-0.2, 0) is 4.74 Å². The number of aldehydes is 1. The maximum Gasteiger partial charge on any atom is 0.338 e. The van der Waals surface area contributed by atoms with Crippen LogP contribution in [0.2, 0.25) is 0 Å². The summed E-state index contributed by atoms with van der Waals surface area (Å²) in [5.41, 5.74) is 0.793. The maximum atomic E-state index is 11.5. The average molecular weight is 287 g/mol. The molecular formula is C15H13NO5. The van der Waals surface area contributed by atoms with Crippen molar-refractivity contribution in [3.05, 3.63) is 47.7 Å². The van der Waals surface area contributed by atoms with Crippen LogP contribution in [-0.4, -0.2) is 31.5 Å². The molecule has 108 valence electrons. The number of esters is 1. The van der Waals surface area contributed by atoms with Gasteiger partial charge in [0.05, 0.1) is 19.8 Å². The number of pyridine rings is 1. The molecule has 0 atom stereocenters. The summed E-state index contributed by atoms with van der Waals surface area (Å²) in [7, 11) is 2.76. The first-order valence-electron chi connectivity index (χ1n) is 6.03. The highest BCUT2D eigenvalue weighted by molar-refractivity contribution is 5.89. The molecule has 2 rings (SSSR count). The molecule has 1 aromatic heterocycles. The van der Waals surface area contributed by atoms with E-state index in [1.165, 1.54) is 32.5 Å². The molecule has 0 amide bonds. The summed E-state index contributed by atoms with van der Waals surface area (Å²) in [6.07, 6.45) is 2.15. The summed E-state index contributed by atoms with van der Waals surface area (Å²) in [5.74, 6) is 0.517. The van der Waals surface area contributed by atoms with Crippen molar-refractivity contribution < 1.29 is 23.8 Å². The van der Waals surface area contributed by atoms with E-state index in [0.717, 1.165) is 0 Å². The second-order valence-corrected chi connectivity index (χ2v) is 4.00. The van der Waals surface area contributed by atoms with Crippen LogP contribution in [0.15, 0.2) is 36.5 Å². The Kier molecular flexibility index (Phi) is 4.50. The van der Waals surface area contributed by atoms with E-state index in [-0.39, 0.29) is 5.88 Å². The normalized spacial score (nSPS) is 9.81. The minimum atomic E-state index is -0.481. The standard InChI is InChI=1S/C15H13NO5/c1-19-13-7-10(9-17)3-4-12(13)21-14-8-11(5-6-16-14)15(18)20-2/h3-9H,1-2H3. The second kappa shape index (κ2) is 6.51. The Balaban J connectivity index is 2.29. The number of ether oxygens (including phenoxy) is 3. The SMILES string of the molecule is COC(=O)c1ccnc(Oc2ccc(C=O)cc2OC)c1. The van der Waals surface area contributed by atoms with Crippen LogP contribution in [0.5, 0.6) is 17.4 Å². The van der Waals surface area contributed by atoms with Gasteiger partial charge in [-0.3, -0.25) is 4.79 Å². The van der Waals surface area contributed by atoms with Gasteiger partial charge < -0.3 is 14.2 Å². The van der Waals surface area contributed by atoms with Crippen LogP contribution in [0.3, 0.4) is 0 Å². The van der Waals surface area contributed by atoms with Gasteiger partial charge in [0.15, 0.2) is 11.5 Å². The number of nitrogens with zero attached hydrogens (tertiary/aromatic N) is 1. The number of carbonyl (C=O) groups excluding carboxylic acids is 2. The lowest BCUT2D eigenvalue weighted by Crippen LogP contribution is -2.02. The third-order valence-corrected chi connectivity index (χ3v) is 2.69. The molecule has 0 aliphatic rings. The van der Waals surface area contributed by atoms with Gasteiger partial charge in [-0.25, -0.2) is 9.78 Å². The number of hydrogen-bond donors (Lipinski definition) is 0. The number of aromatic nitrogens is 1. The molecule has 1 aromatic carbocycles. The summed E-state index contributed by atoms with van der Waals surface area (Å²) >= 11 is 0. The largest absolute Gasteiger partial charge is 0.493 e. The molecular weight excluding hydrogens is 274 g/mol. The minimum Gasteiger partial charge on any atom is -0.493 e. The molecule has 0 aliphatic carbocycles. The maximum absolute atomic E-state index is 11.5. The Morgan fingerprint density at radius 1 is 1.14 bits per heavy atom. The fourth-order valence-corrected chi connectivity index (χ4v) is 1.66. The highest BCUT2D eigenvalue weighted by Gasteiger charge is 2.11. The van der Waals surface area contributed by atoms with Crippen LogP contribution in [0.1, 0.15) is 20.7 Å². The van der Waals surface area contributed by atoms with Crippen LogP contribution in [0.25, 0.3) is 0 Å². The lowest BCUT2D eigenvalue weighted by molar-refractivity contribution is 0.0600. The topological polar surface area (TPSA) is 74.7 Å². The van der Waals surface area contributed by atoms with Crippen LogP contribution >= 0.6 is 0 Å². The molecule has 0 fully saturated rings. The predicted molar refractivity (Wildman–Crippen MR) is 74.0 cm³/mol. The van der Waals surface area contributed by atoms with Gasteiger partial charge in [-0.2, -0.15) is 0 Å². The van der Waals surface area contributed by atoms with E-state index in [0.29, 0.717) is 28.9 Å². The summed E-state index contributed by atoms with van der Waals surface area (Å²) < 4.78 is 15.4. The van der Waals surface area contributed by atoms with E-state index in [1.54, 1.807) is 18.2 Å². The van der Waals surface area contributed by atoms with Crippen molar-refractivity contribution in [2.75, 3.05) is 14.2 Å². The zero-order valence-corrected chi connectivity index (χ0v) is 11.5. The Morgan fingerprint density at radius 2 is 1.95 bits per heavy atom. The summed E-state index contributed by atoms with van der Waals surface area (Å²) in [6.45, 7) is 0. The van der Waals surface area contributed by atoms with Crippen molar-refractivity contribution in [1.29, 1.82) is 0 Å². The van der Waals surface area contributed by atoms with Gasteiger partial charge in [-0.15, -0.1) is 0 Å². The molecule has 0 N–H and O–H groups in total. The molecule has 0 aliphatic heterocycles. The fraction of sp³-hybridized carbons (Fsp3) is 0.133. The zero-order valence-electron chi connectivity index (χ0n) is 11.5. The summed E-state index contributed by atoms with van der Waals surface area (Å²) in [6, 6.07) is 7.71. The van der Waals surface area contributed by atoms with Crippen molar-refractivity contribution in [1.82, 2.24) is 4.98 Å². The van der Waals surface area contributed by atoms with Gasteiger partial charge >= 0.3 is 5.97 Å². The van der Waals surface area contributed by atoms with Crippen LogP contribution in [0, 0.1) is 0 Å². The zero-order chi connectivity index (χ0) is 15.2. The molecule has 0 radical (unpaired) electrons. The van der Waals surface area contributed by atoms with E-state index >= 15 is 0 Å². The monoisotopic (exact) mass is 287 g/mol. The number of rotatable bonds is 5. The van der Waals surface area contributed by atoms with E-state index in [9.17, 15) is 9.59 Å². The van der Waals surface area contributed by atoms with Crippen molar-refractivity contribution in [3.63, 3.8) is 0 Å². The lowest BCUT2D eigenvalue weighted by atomic mass is 10.2. The fourth-order valence-electron chi connectivity index (χ4n) is 1.66. The number of benzene rings is 1. The van der Waals surface area contributed by atoms with E-state index < -0.39 is 5.97 Å². The Bertz CT molecular complexity index is 669. The predicted octanol–water partition coefficient (Wildman–Crippen LogP) is 2.48. The lowest BCUT2D eigenvalue weighted by Gasteiger charge is -2.10.